The van der Waals surface area contributed by atoms with Crippen molar-refractivity contribution in [1.82, 2.24) is 5.32 Å². The molecule has 0 saturated heterocycles. The number of hydrogen-bond acceptors (Lipinski definition) is 4. The highest BCUT2D eigenvalue weighted by Crippen LogP contribution is 2.26. The van der Waals surface area contributed by atoms with Gasteiger partial charge >= 0.3 is 0 Å². The van der Waals surface area contributed by atoms with Crippen LogP contribution in [0.3, 0.4) is 0 Å². The summed E-state index contributed by atoms with van der Waals surface area (Å²) >= 11 is 1.37. The van der Waals surface area contributed by atoms with Crippen LogP contribution in [0.4, 0.5) is 5.69 Å². The fourth-order valence-corrected chi connectivity index (χ4v) is 3.13. The van der Waals surface area contributed by atoms with E-state index in [-0.39, 0.29) is 29.4 Å². The third kappa shape index (κ3) is 4.75. The summed E-state index contributed by atoms with van der Waals surface area (Å²) in [6.45, 7) is 0.537. The Morgan fingerprint density at radius 1 is 1.43 bits per heavy atom. The van der Waals surface area contributed by atoms with Gasteiger partial charge in [0.2, 0.25) is 11.8 Å². The summed E-state index contributed by atoms with van der Waals surface area (Å²) in [5, 5.41) is 14.1. The number of amides is 2. The summed E-state index contributed by atoms with van der Waals surface area (Å²) in [7, 11) is 0. The summed E-state index contributed by atoms with van der Waals surface area (Å²) < 4.78 is 0. The maximum absolute atomic E-state index is 12.2. The standard InChI is InChI=1S/C15H20N2O3S/c18-9-3-8-16-14(19)10-21-13-7-6-11-4-1-2-5-12(11)17-15(13)20/h1-2,4-5,13,18H,3,6-10H2,(H,16,19)(H,17,20)/t13-/m0/s1. The molecule has 2 amide bonds. The zero-order valence-electron chi connectivity index (χ0n) is 11.8. The van der Waals surface area contributed by atoms with Crippen LogP contribution in [0.25, 0.3) is 0 Å². The number of thioether (sulfide) groups is 1. The second-order valence-electron chi connectivity index (χ2n) is 4.91. The molecule has 1 aromatic rings. The van der Waals surface area contributed by atoms with Gasteiger partial charge in [0.25, 0.3) is 0 Å². The van der Waals surface area contributed by atoms with Crippen molar-refractivity contribution in [2.75, 3.05) is 24.2 Å². The molecule has 6 heteroatoms. The molecule has 1 aliphatic heterocycles. The van der Waals surface area contributed by atoms with E-state index in [9.17, 15) is 9.59 Å². The van der Waals surface area contributed by atoms with Gasteiger partial charge in [-0.2, -0.15) is 0 Å². The van der Waals surface area contributed by atoms with Gasteiger partial charge in [0.1, 0.15) is 0 Å². The zero-order chi connectivity index (χ0) is 15.1. The Labute approximate surface area is 128 Å². The minimum absolute atomic E-state index is 0.0342. The number of anilines is 1. The molecular formula is C15H20N2O3S. The van der Waals surface area contributed by atoms with E-state index in [4.69, 9.17) is 5.11 Å². The summed E-state index contributed by atoms with van der Waals surface area (Å²) in [5.74, 6) is 0.135. The molecule has 1 aromatic carbocycles. The van der Waals surface area contributed by atoms with Gasteiger partial charge in [0.05, 0.1) is 11.0 Å². The number of nitrogens with one attached hydrogen (secondary N) is 2. The number of hydrogen-bond donors (Lipinski definition) is 3. The van der Waals surface area contributed by atoms with Crippen LogP contribution in [0.1, 0.15) is 18.4 Å². The van der Waals surface area contributed by atoms with Crippen LogP contribution in [0, 0.1) is 0 Å². The minimum Gasteiger partial charge on any atom is -0.396 e. The number of rotatable bonds is 6. The number of benzene rings is 1. The quantitative estimate of drug-likeness (QED) is 0.689. The fourth-order valence-electron chi connectivity index (χ4n) is 2.18. The van der Waals surface area contributed by atoms with Gasteiger partial charge in [-0.1, -0.05) is 18.2 Å². The van der Waals surface area contributed by atoms with Crippen LogP contribution in [0.15, 0.2) is 24.3 Å². The normalized spacial score (nSPS) is 17.6. The molecule has 5 nitrogen and oxygen atoms in total. The van der Waals surface area contributed by atoms with Crippen molar-refractivity contribution in [2.24, 2.45) is 0 Å². The van der Waals surface area contributed by atoms with Crippen LogP contribution in [-0.4, -0.2) is 41.1 Å². The highest BCUT2D eigenvalue weighted by Gasteiger charge is 2.24. The van der Waals surface area contributed by atoms with E-state index in [0.717, 1.165) is 24.1 Å². The number of aryl methyl sites for hydroxylation is 1. The average molecular weight is 308 g/mol. The highest BCUT2D eigenvalue weighted by atomic mass is 32.2. The SMILES string of the molecule is O=C(CS[C@H]1CCc2ccccc2NC1=O)NCCCO. The first-order valence-electron chi connectivity index (χ1n) is 7.08. The van der Waals surface area contributed by atoms with Crippen molar-refractivity contribution in [1.29, 1.82) is 0 Å². The second-order valence-corrected chi connectivity index (χ2v) is 6.10. The highest BCUT2D eigenvalue weighted by molar-refractivity contribution is 8.01. The van der Waals surface area contributed by atoms with Gasteiger partial charge in [-0.05, 0) is 30.9 Å². The average Bonchev–Trinajstić information content (AvgIpc) is 2.64. The van der Waals surface area contributed by atoms with Gasteiger partial charge in [0, 0.05) is 18.8 Å². The van der Waals surface area contributed by atoms with Gasteiger partial charge in [0.15, 0.2) is 0 Å². The molecule has 0 unspecified atom stereocenters. The number of carbonyl (C=O) groups excluding carboxylic acids is 2. The Kier molecular flexibility index (Phi) is 6.07. The van der Waals surface area contributed by atoms with Crippen molar-refractivity contribution in [3.8, 4) is 0 Å². The molecule has 0 fully saturated rings. The number of aliphatic hydroxyl groups is 1. The second kappa shape index (κ2) is 8.05. The molecule has 0 bridgehead atoms. The Balaban J connectivity index is 1.82. The van der Waals surface area contributed by atoms with Crippen molar-refractivity contribution in [2.45, 2.75) is 24.5 Å². The van der Waals surface area contributed by atoms with E-state index in [0.29, 0.717) is 13.0 Å². The Morgan fingerprint density at radius 3 is 3.05 bits per heavy atom. The number of fused-ring (bicyclic) bond motifs is 1. The first kappa shape index (κ1) is 15.9. The molecule has 0 aliphatic carbocycles. The predicted octanol–water partition coefficient (Wildman–Crippen LogP) is 1.17. The van der Waals surface area contributed by atoms with Crippen molar-refractivity contribution >= 4 is 29.3 Å². The Hall–Kier alpha value is -1.53. The van der Waals surface area contributed by atoms with E-state index >= 15 is 0 Å². The molecule has 1 heterocycles. The maximum atomic E-state index is 12.2. The van der Waals surface area contributed by atoms with Crippen molar-refractivity contribution in [3.05, 3.63) is 29.8 Å². The number of para-hydroxylation sites is 1. The first-order chi connectivity index (χ1) is 10.2. The predicted molar refractivity (Wildman–Crippen MR) is 84.4 cm³/mol. The lowest BCUT2D eigenvalue weighted by atomic mass is 10.1. The van der Waals surface area contributed by atoms with Crippen LogP contribution in [0.5, 0.6) is 0 Å². The largest absolute Gasteiger partial charge is 0.396 e. The van der Waals surface area contributed by atoms with Crippen LogP contribution >= 0.6 is 11.8 Å². The number of aliphatic hydroxyl groups excluding tert-OH is 1. The van der Waals surface area contributed by atoms with Gasteiger partial charge in [-0.15, -0.1) is 11.8 Å². The van der Waals surface area contributed by atoms with E-state index in [1.165, 1.54) is 11.8 Å². The topological polar surface area (TPSA) is 78.4 Å². The molecule has 1 atom stereocenters. The van der Waals surface area contributed by atoms with E-state index < -0.39 is 0 Å². The third-order valence-electron chi connectivity index (χ3n) is 3.32. The van der Waals surface area contributed by atoms with E-state index in [1.54, 1.807) is 0 Å². The summed E-state index contributed by atoms with van der Waals surface area (Å²) in [5.41, 5.74) is 2.01. The molecule has 0 saturated carbocycles. The minimum atomic E-state index is -0.207. The lowest BCUT2D eigenvalue weighted by Crippen LogP contribution is -2.30. The fraction of sp³-hybridized carbons (Fsp3) is 0.467. The third-order valence-corrected chi connectivity index (χ3v) is 4.60. The van der Waals surface area contributed by atoms with Gasteiger partial charge < -0.3 is 15.7 Å². The van der Waals surface area contributed by atoms with E-state index in [2.05, 4.69) is 10.6 Å². The molecule has 114 valence electrons. The number of carbonyl (C=O) groups is 2. The smallest absolute Gasteiger partial charge is 0.237 e. The summed E-state index contributed by atoms with van der Waals surface area (Å²) in [6, 6.07) is 7.79. The summed E-state index contributed by atoms with van der Waals surface area (Å²) in [6.07, 6.45) is 2.12. The van der Waals surface area contributed by atoms with Crippen molar-refractivity contribution in [3.63, 3.8) is 0 Å². The lowest BCUT2D eigenvalue weighted by molar-refractivity contribution is -0.118. The molecule has 0 aromatic heterocycles. The molecule has 0 spiro atoms. The van der Waals surface area contributed by atoms with Crippen LogP contribution in [-0.2, 0) is 16.0 Å². The van der Waals surface area contributed by atoms with Crippen LogP contribution in [0.2, 0.25) is 0 Å². The molecule has 1 aliphatic rings. The van der Waals surface area contributed by atoms with Crippen LogP contribution < -0.4 is 10.6 Å². The molecule has 0 radical (unpaired) electrons. The van der Waals surface area contributed by atoms with Gasteiger partial charge in [-0.25, -0.2) is 0 Å². The molecule has 3 N–H and O–H groups in total. The zero-order valence-corrected chi connectivity index (χ0v) is 12.6. The summed E-state index contributed by atoms with van der Waals surface area (Å²) in [4.78, 5) is 23.8. The van der Waals surface area contributed by atoms with Crippen molar-refractivity contribution < 1.29 is 14.7 Å². The molecule has 2 rings (SSSR count). The van der Waals surface area contributed by atoms with E-state index in [1.807, 2.05) is 24.3 Å². The van der Waals surface area contributed by atoms with Gasteiger partial charge in [-0.3, -0.25) is 9.59 Å². The Bertz CT molecular complexity index is 507. The maximum Gasteiger partial charge on any atom is 0.237 e. The Morgan fingerprint density at radius 2 is 2.24 bits per heavy atom. The first-order valence-corrected chi connectivity index (χ1v) is 8.13. The monoisotopic (exact) mass is 308 g/mol. The lowest BCUT2D eigenvalue weighted by Gasteiger charge is -2.12. The molecule has 21 heavy (non-hydrogen) atoms. The molecular weight excluding hydrogens is 288 g/mol.